The molecule has 1 aromatic carbocycles. The second-order valence-corrected chi connectivity index (χ2v) is 8.58. The Hall–Kier alpha value is -2.59. The van der Waals surface area contributed by atoms with Gasteiger partial charge >= 0.3 is 0 Å². The van der Waals surface area contributed by atoms with E-state index in [4.69, 9.17) is 9.47 Å². The summed E-state index contributed by atoms with van der Waals surface area (Å²) in [5.41, 5.74) is 0. The smallest absolute Gasteiger partial charge is 0.247 e. The van der Waals surface area contributed by atoms with Crippen molar-refractivity contribution in [1.29, 1.82) is 0 Å². The molecule has 0 spiro atoms. The Balaban J connectivity index is 1.75. The molecule has 1 aliphatic heterocycles. The number of sulfonamides is 1. The summed E-state index contributed by atoms with van der Waals surface area (Å²) in [4.78, 5) is 2.17. The van der Waals surface area contributed by atoms with Crippen molar-refractivity contribution in [1.82, 2.24) is 14.5 Å². The van der Waals surface area contributed by atoms with Gasteiger partial charge in [0, 0.05) is 38.8 Å². The van der Waals surface area contributed by atoms with Crippen LogP contribution in [0.2, 0.25) is 0 Å². The molecule has 2 aromatic rings. The number of anilines is 2. The van der Waals surface area contributed by atoms with E-state index in [2.05, 4.69) is 15.5 Å². The molecule has 1 N–H and O–H groups in total. The lowest BCUT2D eigenvalue weighted by Crippen LogP contribution is -2.49. The van der Waals surface area contributed by atoms with Crippen molar-refractivity contribution in [3.8, 4) is 11.5 Å². The van der Waals surface area contributed by atoms with Gasteiger partial charge in [0.15, 0.2) is 5.82 Å². The van der Waals surface area contributed by atoms with Gasteiger partial charge < -0.3 is 19.7 Å². The van der Waals surface area contributed by atoms with E-state index < -0.39 is 10.0 Å². The number of aromatic nitrogens is 2. The molecular formula is C20H29N5O4S. The molecule has 0 unspecified atom stereocenters. The molecule has 2 heterocycles. The zero-order valence-electron chi connectivity index (χ0n) is 17.7. The summed E-state index contributed by atoms with van der Waals surface area (Å²) in [5, 5.41) is 11.5. The third-order valence-corrected chi connectivity index (χ3v) is 6.63. The minimum atomic E-state index is -3.72. The number of benzene rings is 1. The van der Waals surface area contributed by atoms with Gasteiger partial charge in [0.25, 0.3) is 0 Å². The highest BCUT2D eigenvalue weighted by Gasteiger charge is 2.32. The molecular weight excluding hydrogens is 406 g/mol. The third kappa shape index (κ3) is 4.93. The van der Waals surface area contributed by atoms with Gasteiger partial charge in [-0.1, -0.05) is 0 Å². The second kappa shape index (κ2) is 9.94. The maximum atomic E-state index is 13.3. The van der Waals surface area contributed by atoms with Gasteiger partial charge in [0.05, 0.1) is 13.2 Å². The van der Waals surface area contributed by atoms with Crippen LogP contribution in [-0.2, 0) is 10.0 Å². The van der Waals surface area contributed by atoms with E-state index in [0.717, 1.165) is 18.2 Å². The molecule has 164 valence electrons. The van der Waals surface area contributed by atoms with Crippen LogP contribution in [0.25, 0.3) is 0 Å². The van der Waals surface area contributed by atoms with E-state index in [0.29, 0.717) is 50.9 Å². The van der Waals surface area contributed by atoms with E-state index in [1.165, 1.54) is 4.31 Å². The summed E-state index contributed by atoms with van der Waals surface area (Å²) >= 11 is 0. The van der Waals surface area contributed by atoms with Crippen LogP contribution in [0.15, 0.2) is 35.2 Å². The van der Waals surface area contributed by atoms with Crippen LogP contribution in [0.3, 0.4) is 0 Å². The number of nitrogens with one attached hydrogen (secondary N) is 1. The Kier molecular flexibility index (Phi) is 7.33. The summed E-state index contributed by atoms with van der Waals surface area (Å²) in [5.74, 6) is 2.31. The minimum Gasteiger partial charge on any atom is -0.494 e. The maximum Gasteiger partial charge on any atom is 0.247 e. The van der Waals surface area contributed by atoms with Crippen LogP contribution < -0.4 is 19.7 Å². The molecule has 0 aliphatic carbocycles. The fraction of sp³-hybridized carbons (Fsp3) is 0.500. The van der Waals surface area contributed by atoms with E-state index in [1.54, 1.807) is 18.2 Å². The largest absolute Gasteiger partial charge is 0.494 e. The average Bonchev–Trinajstić information content (AvgIpc) is 2.76. The molecule has 10 heteroatoms. The lowest BCUT2D eigenvalue weighted by molar-refractivity contribution is 0.319. The fourth-order valence-corrected chi connectivity index (χ4v) is 4.86. The highest BCUT2D eigenvalue weighted by atomic mass is 32.2. The summed E-state index contributed by atoms with van der Waals surface area (Å²) in [6.45, 7) is 9.06. The monoisotopic (exact) mass is 435 g/mol. The minimum absolute atomic E-state index is 0.138. The Labute approximate surface area is 178 Å². The molecule has 0 amide bonds. The van der Waals surface area contributed by atoms with Crippen LogP contribution in [0.1, 0.15) is 20.8 Å². The van der Waals surface area contributed by atoms with Gasteiger partial charge in [-0.3, -0.25) is 0 Å². The molecule has 3 rings (SSSR count). The van der Waals surface area contributed by atoms with Crippen molar-refractivity contribution in [3.05, 3.63) is 30.3 Å². The molecule has 1 aromatic heterocycles. The molecule has 9 nitrogen and oxygen atoms in total. The molecule has 1 aliphatic rings. The van der Waals surface area contributed by atoms with Crippen molar-refractivity contribution >= 4 is 21.7 Å². The van der Waals surface area contributed by atoms with Crippen molar-refractivity contribution in [2.45, 2.75) is 25.7 Å². The van der Waals surface area contributed by atoms with Crippen LogP contribution in [0.5, 0.6) is 11.5 Å². The molecule has 1 fully saturated rings. The van der Waals surface area contributed by atoms with E-state index in [9.17, 15) is 8.42 Å². The zero-order valence-corrected chi connectivity index (χ0v) is 18.5. The predicted molar refractivity (Wildman–Crippen MR) is 116 cm³/mol. The number of nitrogens with zero attached hydrogens (tertiary/aromatic N) is 4. The quantitative estimate of drug-likeness (QED) is 0.640. The van der Waals surface area contributed by atoms with Crippen molar-refractivity contribution in [3.63, 3.8) is 0 Å². The number of hydrogen-bond acceptors (Lipinski definition) is 8. The van der Waals surface area contributed by atoms with Crippen LogP contribution in [0.4, 0.5) is 11.6 Å². The Bertz CT molecular complexity index is 929. The van der Waals surface area contributed by atoms with Gasteiger partial charge in [-0.05, 0) is 45.0 Å². The number of piperazine rings is 1. The predicted octanol–water partition coefficient (Wildman–Crippen LogP) is 2.22. The molecule has 0 radical (unpaired) electrons. The molecule has 0 saturated carbocycles. The third-order valence-electron chi connectivity index (χ3n) is 4.71. The zero-order chi connectivity index (χ0) is 21.6. The van der Waals surface area contributed by atoms with E-state index in [1.807, 2.05) is 37.8 Å². The van der Waals surface area contributed by atoms with Crippen molar-refractivity contribution in [2.24, 2.45) is 0 Å². The van der Waals surface area contributed by atoms with Gasteiger partial charge in [-0.15, -0.1) is 10.2 Å². The fourth-order valence-electron chi connectivity index (χ4n) is 3.29. The Morgan fingerprint density at radius 2 is 1.70 bits per heavy atom. The maximum absolute atomic E-state index is 13.3. The normalized spacial score (nSPS) is 15.1. The lowest BCUT2D eigenvalue weighted by Gasteiger charge is -2.34. The summed E-state index contributed by atoms with van der Waals surface area (Å²) < 4.78 is 39.2. The average molecular weight is 436 g/mol. The van der Waals surface area contributed by atoms with E-state index >= 15 is 0 Å². The second-order valence-electron chi connectivity index (χ2n) is 6.67. The first-order valence-corrected chi connectivity index (χ1v) is 11.7. The topological polar surface area (TPSA) is 96.9 Å². The van der Waals surface area contributed by atoms with Crippen LogP contribution in [0, 0.1) is 0 Å². The summed E-state index contributed by atoms with van der Waals surface area (Å²) in [7, 11) is -3.72. The van der Waals surface area contributed by atoms with Gasteiger partial charge in [0.2, 0.25) is 10.0 Å². The first-order chi connectivity index (χ1) is 14.5. The van der Waals surface area contributed by atoms with Crippen molar-refractivity contribution in [2.75, 3.05) is 56.2 Å². The highest BCUT2D eigenvalue weighted by Crippen LogP contribution is 2.31. The Morgan fingerprint density at radius 3 is 2.30 bits per heavy atom. The highest BCUT2D eigenvalue weighted by molar-refractivity contribution is 7.89. The molecule has 0 bridgehead atoms. The van der Waals surface area contributed by atoms with Gasteiger partial charge in [-0.25, -0.2) is 8.42 Å². The number of hydrogen-bond donors (Lipinski definition) is 1. The van der Waals surface area contributed by atoms with Gasteiger partial charge in [0.1, 0.15) is 22.2 Å². The van der Waals surface area contributed by atoms with Crippen LogP contribution >= 0.6 is 0 Å². The summed E-state index contributed by atoms with van der Waals surface area (Å²) in [6.07, 6.45) is 0. The standard InChI is InChI=1S/C20H29N5O4S/c1-4-21-19-9-10-20(23-22-19)24-11-13-25(14-12-24)30(26,27)18-15-16(28-5-2)7-8-17(18)29-6-3/h7-10,15H,4-6,11-14H2,1-3H3,(H,21,22). The lowest BCUT2D eigenvalue weighted by atomic mass is 10.3. The molecule has 0 atom stereocenters. The number of rotatable bonds is 9. The first-order valence-electron chi connectivity index (χ1n) is 10.2. The van der Waals surface area contributed by atoms with E-state index in [-0.39, 0.29) is 4.90 Å². The van der Waals surface area contributed by atoms with Crippen molar-refractivity contribution < 1.29 is 17.9 Å². The molecule has 1 saturated heterocycles. The summed E-state index contributed by atoms with van der Waals surface area (Å²) in [6, 6.07) is 8.69. The number of ether oxygens (including phenoxy) is 2. The SMILES string of the molecule is CCNc1ccc(N2CCN(S(=O)(=O)c3cc(OCC)ccc3OCC)CC2)nn1. The first kappa shape index (κ1) is 22.1. The molecule has 30 heavy (non-hydrogen) atoms. The van der Waals surface area contributed by atoms with Crippen LogP contribution in [-0.4, -0.2) is 68.9 Å². The van der Waals surface area contributed by atoms with Gasteiger partial charge in [-0.2, -0.15) is 4.31 Å². The Morgan fingerprint density at radius 1 is 0.967 bits per heavy atom.